The van der Waals surface area contributed by atoms with Gasteiger partial charge >= 0.3 is 0 Å². The second kappa shape index (κ2) is 9.11. The van der Waals surface area contributed by atoms with E-state index < -0.39 is 0 Å². The lowest BCUT2D eigenvalue weighted by Gasteiger charge is -2.14. The SMILES string of the molecule is CCCCCn1cc(CCCCC(C)C(C)C)nn1. The van der Waals surface area contributed by atoms with Crippen molar-refractivity contribution < 1.29 is 0 Å². The van der Waals surface area contributed by atoms with E-state index in [1.54, 1.807) is 0 Å². The predicted molar refractivity (Wildman–Crippen MR) is 81.1 cm³/mol. The lowest BCUT2D eigenvalue weighted by molar-refractivity contribution is 0.378. The summed E-state index contributed by atoms with van der Waals surface area (Å²) in [6.07, 6.45) is 10.8. The zero-order valence-electron chi connectivity index (χ0n) is 13.2. The Kier molecular flexibility index (Phi) is 7.76. The fraction of sp³-hybridized carbons (Fsp3) is 0.875. The molecule has 1 aromatic heterocycles. The Balaban J connectivity index is 2.16. The van der Waals surface area contributed by atoms with Gasteiger partial charge in [0.15, 0.2) is 0 Å². The van der Waals surface area contributed by atoms with Gasteiger partial charge in [0, 0.05) is 12.7 Å². The minimum absolute atomic E-state index is 0.805. The van der Waals surface area contributed by atoms with Crippen LogP contribution in [0.3, 0.4) is 0 Å². The molecular formula is C16H31N3. The first kappa shape index (κ1) is 16.2. The number of aromatic nitrogens is 3. The van der Waals surface area contributed by atoms with E-state index in [4.69, 9.17) is 0 Å². The Morgan fingerprint density at radius 3 is 2.58 bits per heavy atom. The maximum Gasteiger partial charge on any atom is 0.0827 e. The van der Waals surface area contributed by atoms with E-state index in [2.05, 4.69) is 44.2 Å². The van der Waals surface area contributed by atoms with Gasteiger partial charge in [0.25, 0.3) is 0 Å². The van der Waals surface area contributed by atoms with Crippen molar-refractivity contribution in [1.82, 2.24) is 15.0 Å². The molecule has 1 atom stereocenters. The minimum atomic E-state index is 0.805. The van der Waals surface area contributed by atoms with Gasteiger partial charge in [-0.25, -0.2) is 0 Å². The molecule has 0 radical (unpaired) electrons. The number of nitrogens with zero attached hydrogens (tertiary/aromatic N) is 3. The summed E-state index contributed by atoms with van der Waals surface area (Å²) in [6.45, 7) is 10.2. The van der Waals surface area contributed by atoms with Crippen LogP contribution in [0, 0.1) is 11.8 Å². The van der Waals surface area contributed by atoms with Gasteiger partial charge in [-0.05, 0) is 31.1 Å². The van der Waals surface area contributed by atoms with Crippen molar-refractivity contribution in [3.05, 3.63) is 11.9 Å². The molecule has 3 heteroatoms. The van der Waals surface area contributed by atoms with Crippen molar-refractivity contribution in [3.63, 3.8) is 0 Å². The fourth-order valence-corrected chi connectivity index (χ4v) is 2.19. The van der Waals surface area contributed by atoms with E-state index >= 15 is 0 Å². The van der Waals surface area contributed by atoms with Crippen LogP contribution in [0.5, 0.6) is 0 Å². The third-order valence-corrected chi connectivity index (χ3v) is 4.06. The van der Waals surface area contributed by atoms with Crippen LogP contribution >= 0.6 is 0 Å². The Hall–Kier alpha value is -0.860. The molecule has 1 unspecified atom stereocenters. The lowest BCUT2D eigenvalue weighted by atomic mass is 9.92. The second-order valence-electron chi connectivity index (χ2n) is 6.15. The van der Waals surface area contributed by atoms with Crippen LogP contribution < -0.4 is 0 Å². The molecule has 0 bridgehead atoms. The first-order valence-corrected chi connectivity index (χ1v) is 8.02. The highest BCUT2D eigenvalue weighted by atomic mass is 15.4. The molecule has 0 aliphatic carbocycles. The van der Waals surface area contributed by atoms with Crippen LogP contribution in [0.1, 0.15) is 71.9 Å². The zero-order chi connectivity index (χ0) is 14.1. The number of hydrogen-bond donors (Lipinski definition) is 0. The molecule has 0 aliphatic heterocycles. The lowest BCUT2D eigenvalue weighted by Crippen LogP contribution is -2.03. The van der Waals surface area contributed by atoms with E-state index in [0.29, 0.717) is 0 Å². The number of unbranched alkanes of at least 4 members (excludes halogenated alkanes) is 3. The molecule has 0 saturated carbocycles. The Labute approximate surface area is 118 Å². The van der Waals surface area contributed by atoms with E-state index in [1.165, 1.54) is 38.5 Å². The topological polar surface area (TPSA) is 30.7 Å². The highest BCUT2D eigenvalue weighted by Crippen LogP contribution is 2.17. The van der Waals surface area contributed by atoms with Gasteiger partial charge in [-0.1, -0.05) is 58.6 Å². The van der Waals surface area contributed by atoms with Gasteiger partial charge < -0.3 is 0 Å². The monoisotopic (exact) mass is 265 g/mol. The van der Waals surface area contributed by atoms with Crippen LogP contribution in [-0.2, 0) is 13.0 Å². The normalized spacial score (nSPS) is 13.1. The summed E-state index contributed by atoms with van der Waals surface area (Å²) in [5.74, 6) is 1.64. The third kappa shape index (κ3) is 6.74. The van der Waals surface area contributed by atoms with Crippen LogP contribution in [0.2, 0.25) is 0 Å². The van der Waals surface area contributed by atoms with Crippen molar-refractivity contribution in [2.75, 3.05) is 0 Å². The summed E-state index contributed by atoms with van der Waals surface area (Å²) in [5.41, 5.74) is 1.16. The van der Waals surface area contributed by atoms with E-state index in [-0.39, 0.29) is 0 Å². The standard InChI is InChI=1S/C16H31N3/c1-5-6-9-12-19-13-16(17-18-19)11-8-7-10-15(4)14(2)3/h13-15H,5-12H2,1-4H3. The molecular weight excluding hydrogens is 234 g/mol. The Morgan fingerprint density at radius 1 is 1.11 bits per heavy atom. The maximum atomic E-state index is 4.26. The molecule has 0 N–H and O–H groups in total. The quantitative estimate of drug-likeness (QED) is 0.584. The zero-order valence-corrected chi connectivity index (χ0v) is 13.2. The van der Waals surface area contributed by atoms with Crippen molar-refractivity contribution in [2.24, 2.45) is 11.8 Å². The van der Waals surface area contributed by atoms with E-state index in [9.17, 15) is 0 Å². The number of aryl methyl sites for hydroxylation is 2. The van der Waals surface area contributed by atoms with Gasteiger partial charge in [0.2, 0.25) is 0 Å². The van der Waals surface area contributed by atoms with Crippen molar-refractivity contribution in [3.8, 4) is 0 Å². The second-order valence-corrected chi connectivity index (χ2v) is 6.15. The van der Waals surface area contributed by atoms with E-state index in [0.717, 1.165) is 30.5 Å². The Morgan fingerprint density at radius 2 is 1.89 bits per heavy atom. The van der Waals surface area contributed by atoms with Gasteiger partial charge in [0.1, 0.15) is 0 Å². The molecule has 3 nitrogen and oxygen atoms in total. The molecule has 0 saturated heterocycles. The van der Waals surface area contributed by atoms with Crippen LogP contribution in [-0.4, -0.2) is 15.0 Å². The Bertz CT molecular complexity index is 330. The van der Waals surface area contributed by atoms with Gasteiger partial charge in [-0.3, -0.25) is 4.68 Å². The maximum absolute atomic E-state index is 4.26. The highest BCUT2D eigenvalue weighted by molar-refractivity contribution is 4.92. The summed E-state index contributed by atoms with van der Waals surface area (Å²) in [4.78, 5) is 0. The number of rotatable bonds is 10. The molecule has 0 aromatic carbocycles. The fourth-order valence-electron chi connectivity index (χ4n) is 2.19. The largest absolute Gasteiger partial charge is 0.252 e. The van der Waals surface area contributed by atoms with Gasteiger partial charge in [-0.15, -0.1) is 5.10 Å². The highest BCUT2D eigenvalue weighted by Gasteiger charge is 2.07. The van der Waals surface area contributed by atoms with Crippen LogP contribution in [0.25, 0.3) is 0 Å². The molecule has 19 heavy (non-hydrogen) atoms. The minimum Gasteiger partial charge on any atom is -0.252 e. The molecule has 110 valence electrons. The molecule has 0 fully saturated rings. The average Bonchev–Trinajstić information content (AvgIpc) is 2.82. The molecule has 0 aliphatic rings. The van der Waals surface area contributed by atoms with Gasteiger partial charge in [0.05, 0.1) is 5.69 Å². The molecule has 1 rings (SSSR count). The van der Waals surface area contributed by atoms with Crippen LogP contribution in [0.4, 0.5) is 0 Å². The smallest absolute Gasteiger partial charge is 0.0827 e. The molecule has 1 aromatic rings. The van der Waals surface area contributed by atoms with Crippen LogP contribution in [0.15, 0.2) is 6.20 Å². The summed E-state index contributed by atoms with van der Waals surface area (Å²) in [7, 11) is 0. The molecule has 1 heterocycles. The van der Waals surface area contributed by atoms with Gasteiger partial charge in [-0.2, -0.15) is 0 Å². The van der Waals surface area contributed by atoms with E-state index in [1.807, 2.05) is 4.68 Å². The third-order valence-electron chi connectivity index (χ3n) is 4.06. The summed E-state index contributed by atoms with van der Waals surface area (Å²) in [5, 5.41) is 8.46. The van der Waals surface area contributed by atoms with Crippen molar-refractivity contribution in [1.29, 1.82) is 0 Å². The van der Waals surface area contributed by atoms with Crippen molar-refractivity contribution >= 4 is 0 Å². The first-order valence-electron chi connectivity index (χ1n) is 8.02. The summed E-state index contributed by atoms with van der Waals surface area (Å²) in [6, 6.07) is 0. The molecule has 0 spiro atoms. The van der Waals surface area contributed by atoms with Crippen molar-refractivity contribution in [2.45, 2.75) is 79.2 Å². The first-order chi connectivity index (χ1) is 9.13. The summed E-state index contributed by atoms with van der Waals surface area (Å²) >= 11 is 0. The average molecular weight is 265 g/mol. The molecule has 0 amide bonds. The number of hydrogen-bond acceptors (Lipinski definition) is 2. The summed E-state index contributed by atoms with van der Waals surface area (Å²) < 4.78 is 2.00. The predicted octanol–water partition coefficient (Wildman–Crippen LogP) is 4.47.